The van der Waals surface area contributed by atoms with Gasteiger partial charge in [-0.05, 0) is 13.5 Å². The molecular weight excluding hydrogens is 128 g/mol. The highest BCUT2D eigenvalue weighted by Gasteiger charge is 2.00. The van der Waals surface area contributed by atoms with Crippen LogP contribution in [0.15, 0.2) is 11.8 Å². The molecule has 0 aromatic heterocycles. The molecule has 0 aliphatic heterocycles. The van der Waals surface area contributed by atoms with E-state index >= 15 is 0 Å². The maximum Gasteiger partial charge on any atom is 0.0854 e. The molecule has 0 radical (unpaired) electrons. The van der Waals surface area contributed by atoms with Crippen molar-refractivity contribution in [3.63, 3.8) is 0 Å². The molecule has 0 aliphatic rings. The van der Waals surface area contributed by atoms with Crippen molar-refractivity contribution in [2.45, 2.75) is 13.3 Å². The molecule has 3 heteroatoms. The Morgan fingerprint density at radius 1 is 1.70 bits per heavy atom. The minimum absolute atomic E-state index is 0.483. The Balaban J connectivity index is 3.95. The fourth-order valence-corrected chi connectivity index (χ4v) is 0.648. The van der Waals surface area contributed by atoms with Gasteiger partial charge in [-0.15, -0.1) is 0 Å². The standard InChI is InChI=1S/C7H14N2O/c1-3-7(8)6(5-10)4-9-2/h5,8-10H,3-4H2,1-2H3/b6-5-,8-7?. The lowest BCUT2D eigenvalue weighted by molar-refractivity contribution is 0.468. The van der Waals surface area contributed by atoms with E-state index in [0.29, 0.717) is 24.3 Å². The molecule has 0 bridgehead atoms. The molecule has 3 N–H and O–H groups in total. The average Bonchev–Trinajstić information content (AvgIpc) is 1.99. The van der Waals surface area contributed by atoms with E-state index in [2.05, 4.69) is 5.32 Å². The van der Waals surface area contributed by atoms with Crippen molar-refractivity contribution in [1.29, 1.82) is 5.41 Å². The summed E-state index contributed by atoms with van der Waals surface area (Å²) < 4.78 is 0. The van der Waals surface area contributed by atoms with Gasteiger partial charge in [0.05, 0.1) is 6.26 Å². The van der Waals surface area contributed by atoms with Crippen LogP contribution in [0, 0.1) is 5.41 Å². The van der Waals surface area contributed by atoms with Crippen LogP contribution < -0.4 is 5.32 Å². The van der Waals surface area contributed by atoms with Gasteiger partial charge in [0, 0.05) is 17.8 Å². The van der Waals surface area contributed by atoms with E-state index in [1.54, 1.807) is 7.05 Å². The predicted molar refractivity (Wildman–Crippen MR) is 42.7 cm³/mol. The van der Waals surface area contributed by atoms with E-state index in [1.165, 1.54) is 0 Å². The number of nitrogens with one attached hydrogen (secondary N) is 2. The van der Waals surface area contributed by atoms with Crippen molar-refractivity contribution in [2.75, 3.05) is 13.6 Å². The van der Waals surface area contributed by atoms with Gasteiger partial charge < -0.3 is 15.8 Å². The molecule has 0 spiro atoms. The Bertz CT molecular complexity index is 141. The Morgan fingerprint density at radius 2 is 2.30 bits per heavy atom. The number of hydrogen-bond donors (Lipinski definition) is 3. The Hall–Kier alpha value is -0.830. The fraction of sp³-hybridized carbons (Fsp3) is 0.571. The lowest BCUT2D eigenvalue weighted by atomic mass is 10.1. The maximum absolute atomic E-state index is 8.62. The van der Waals surface area contributed by atoms with Crippen LogP contribution in [0.3, 0.4) is 0 Å². The number of aliphatic hydroxyl groups excluding tert-OH is 1. The second-order valence-electron chi connectivity index (χ2n) is 2.02. The fourth-order valence-electron chi connectivity index (χ4n) is 0.648. The minimum atomic E-state index is 0.483. The second-order valence-corrected chi connectivity index (χ2v) is 2.02. The molecule has 0 atom stereocenters. The number of likely N-dealkylation sites (N-methyl/N-ethyl adjacent to an activating group) is 1. The molecular formula is C7H14N2O. The van der Waals surface area contributed by atoms with Gasteiger partial charge in [0.25, 0.3) is 0 Å². The third kappa shape index (κ3) is 2.64. The van der Waals surface area contributed by atoms with Gasteiger partial charge in [-0.1, -0.05) is 6.92 Å². The van der Waals surface area contributed by atoms with Crippen molar-refractivity contribution in [3.8, 4) is 0 Å². The first-order valence-electron chi connectivity index (χ1n) is 3.31. The summed E-state index contributed by atoms with van der Waals surface area (Å²) in [6.07, 6.45) is 1.65. The first-order valence-corrected chi connectivity index (χ1v) is 3.31. The van der Waals surface area contributed by atoms with Crippen molar-refractivity contribution in [1.82, 2.24) is 5.32 Å². The quantitative estimate of drug-likeness (QED) is 0.406. The molecule has 0 unspecified atom stereocenters. The summed E-state index contributed by atoms with van der Waals surface area (Å²) in [6, 6.07) is 0. The molecule has 58 valence electrons. The van der Waals surface area contributed by atoms with Gasteiger partial charge in [0.15, 0.2) is 0 Å². The van der Waals surface area contributed by atoms with Crippen LogP contribution in [-0.2, 0) is 0 Å². The lowest BCUT2D eigenvalue weighted by Crippen LogP contribution is -2.15. The van der Waals surface area contributed by atoms with Gasteiger partial charge in [0.2, 0.25) is 0 Å². The molecule has 0 rings (SSSR count). The third-order valence-electron chi connectivity index (χ3n) is 1.26. The Kier molecular flexibility index (Phi) is 4.58. The summed E-state index contributed by atoms with van der Waals surface area (Å²) in [4.78, 5) is 0. The summed E-state index contributed by atoms with van der Waals surface area (Å²) >= 11 is 0. The van der Waals surface area contributed by atoms with Crippen molar-refractivity contribution in [3.05, 3.63) is 11.8 Å². The first-order chi connectivity index (χ1) is 4.76. The van der Waals surface area contributed by atoms with Crippen LogP contribution in [-0.4, -0.2) is 24.4 Å². The van der Waals surface area contributed by atoms with E-state index in [0.717, 1.165) is 6.26 Å². The largest absolute Gasteiger partial charge is 0.515 e. The van der Waals surface area contributed by atoms with E-state index < -0.39 is 0 Å². The molecule has 0 fully saturated rings. The first kappa shape index (κ1) is 9.17. The number of aliphatic hydroxyl groups is 1. The number of hydrogen-bond acceptors (Lipinski definition) is 3. The molecule has 0 amide bonds. The Morgan fingerprint density at radius 3 is 2.60 bits per heavy atom. The molecule has 0 saturated carbocycles. The second kappa shape index (κ2) is 4.99. The SMILES string of the molecule is CCC(=N)/C(=C\O)CNC. The topological polar surface area (TPSA) is 56.1 Å². The van der Waals surface area contributed by atoms with Crippen LogP contribution in [0.4, 0.5) is 0 Å². The molecule has 0 saturated heterocycles. The minimum Gasteiger partial charge on any atom is -0.515 e. The number of rotatable bonds is 4. The van der Waals surface area contributed by atoms with Gasteiger partial charge in [-0.3, -0.25) is 0 Å². The highest BCUT2D eigenvalue weighted by atomic mass is 16.2. The maximum atomic E-state index is 8.62. The molecule has 0 aromatic carbocycles. The normalized spacial score (nSPS) is 11.6. The average molecular weight is 142 g/mol. The monoisotopic (exact) mass is 142 g/mol. The lowest BCUT2D eigenvalue weighted by Gasteiger charge is -2.03. The summed E-state index contributed by atoms with van der Waals surface area (Å²) in [5, 5.41) is 18.8. The summed E-state index contributed by atoms with van der Waals surface area (Å²) in [5.41, 5.74) is 1.14. The highest BCUT2D eigenvalue weighted by molar-refractivity contribution is 5.97. The van der Waals surface area contributed by atoms with E-state index in [1.807, 2.05) is 6.92 Å². The van der Waals surface area contributed by atoms with Crippen LogP contribution in [0.1, 0.15) is 13.3 Å². The summed E-state index contributed by atoms with van der Waals surface area (Å²) in [6.45, 7) is 2.45. The van der Waals surface area contributed by atoms with Crippen LogP contribution in [0.25, 0.3) is 0 Å². The summed E-state index contributed by atoms with van der Waals surface area (Å²) in [7, 11) is 1.78. The zero-order valence-electron chi connectivity index (χ0n) is 6.44. The molecule has 0 heterocycles. The van der Waals surface area contributed by atoms with E-state index in [9.17, 15) is 0 Å². The van der Waals surface area contributed by atoms with E-state index in [4.69, 9.17) is 10.5 Å². The van der Waals surface area contributed by atoms with Crippen molar-refractivity contribution >= 4 is 5.71 Å². The molecule has 3 nitrogen and oxygen atoms in total. The van der Waals surface area contributed by atoms with Crippen molar-refractivity contribution in [2.24, 2.45) is 0 Å². The molecule has 0 aliphatic carbocycles. The highest BCUT2D eigenvalue weighted by Crippen LogP contribution is 1.96. The molecule has 10 heavy (non-hydrogen) atoms. The third-order valence-corrected chi connectivity index (χ3v) is 1.26. The van der Waals surface area contributed by atoms with Gasteiger partial charge in [0.1, 0.15) is 0 Å². The van der Waals surface area contributed by atoms with Gasteiger partial charge in [-0.2, -0.15) is 0 Å². The zero-order valence-corrected chi connectivity index (χ0v) is 6.44. The van der Waals surface area contributed by atoms with Gasteiger partial charge >= 0.3 is 0 Å². The van der Waals surface area contributed by atoms with Crippen LogP contribution in [0.2, 0.25) is 0 Å². The molecule has 0 aromatic rings. The van der Waals surface area contributed by atoms with Crippen LogP contribution in [0.5, 0.6) is 0 Å². The van der Waals surface area contributed by atoms with Crippen LogP contribution >= 0.6 is 0 Å². The summed E-state index contributed by atoms with van der Waals surface area (Å²) in [5.74, 6) is 0. The zero-order chi connectivity index (χ0) is 7.98. The predicted octanol–water partition coefficient (Wildman–Crippen LogP) is 1.08. The van der Waals surface area contributed by atoms with Gasteiger partial charge in [-0.25, -0.2) is 0 Å². The van der Waals surface area contributed by atoms with Crippen molar-refractivity contribution < 1.29 is 5.11 Å². The van der Waals surface area contributed by atoms with E-state index in [-0.39, 0.29) is 0 Å². The smallest absolute Gasteiger partial charge is 0.0854 e. The Labute approximate surface area is 61.3 Å².